The summed E-state index contributed by atoms with van der Waals surface area (Å²) in [5.74, 6) is -7.06. The molecule has 0 amide bonds. The molecule has 6 atom stereocenters. The Bertz CT molecular complexity index is 1390. The van der Waals surface area contributed by atoms with Gasteiger partial charge in [-0.05, 0) is 37.1 Å². The molecule has 1 aromatic heterocycles. The number of furan rings is 1. The molecule has 1 saturated heterocycles. The number of allylic oxidation sites excluding steroid dienone is 1. The highest BCUT2D eigenvalue weighted by molar-refractivity contribution is 6.04. The van der Waals surface area contributed by atoms with Crippen LogP contribution in [0.25, 0.3) is 0 Å². The second-order valence-corrected chi connectivity index (χ2v) is 10.0. The summed E-state index contributed by atoms with van der Waals surface area (Å²) in [4.78, 5) is 63.2. The molecule has 5 rings (SSSR count). The smallest absolute Gasteiger partial charge is 0.343 e. The van der Waals surface area contributed by atoms with Gasteiger partial charge in [-0.25, -0.2) is 4.79 Å². The first kappa shape index (κ1) is 26.3. The fraction of sp³-hybridized carbons (Fsp3) is 0.385. The van der Waals surface area contributed by atoms with Crippen LogP contribution in [-0.2, 0) is 28.6 Å². The molecule has 39 heavy (non-hydrogen) atoms. The van der Waals surface area contributed by atoms with E-state index in [0.29, 0.717) is 5.56 Å². The first-order valence-corrected chi connectivity index (χ1v) is 12.1. The van der Waals surface area contributed by atoms with Gasteiger partial charge in [0, 0.05) is 35.2 Å². The lowest BCUT2D eigenvalue weighted by Crippen LogP contribution is -2.76. The van der Waals surface area contributed by atoms with E-state index in [9.17, 15) is 29.3 Å². The maximum absolute atomic E-state index is 14.0. The normalized spacial score (nSPS) is 31.7. The third kappa shape index (κ3) is 4.19. The molecule has 1 saturated carbocycles. The highest BCUT2D eigenvalue weighted by Crippen LogP contribution is 2.55. The number of carbonyl (C=O) groups is 4. The van der Waals surface area contributed by atoms with Crippen molar-refractivity contribution in [3.05, 3.63) is 75.9 Å². The van der Waals surface area contributed by atoms with Crippen LogP contribution in [0.2, 0.25) is 0 Å². The minimum absolute atomic E-state index is 0.00420. The molecule has 0 spiro atoms. The van der Waals surface area contributed by atoms with Crippen LogP contribution in [0.4, 0.5) is 5.69 Å². The number of carbonyl (C=O) groups excluding carboxylic acids is 4. The zero-order valence-corrected chi connectivity index (χ0v) is 20.7. The Kier molecular flexibility index (Phi) is 6.35. The number of ketones is 1. The van der Waals surface area contributed by atoms with Gasteiger partial charge in [0.1, 0.15) is 6.10 Å². The third-order valence-corrected chi connectivity index (χ3v) is 7.96. The molecule has 4 N–H and O–H groups in total. The molecular weight excluding hydrogens is 514 g/mol. The van der Waals surface area contributed by atoms with E-state index in [-0.39, 0.29) is 30.5 Å². The third-order valence-electron chi connectivity index (χ3n) is 7.96. The fourth-order valence-electron chi connectivity index (χ4n) is 6.07. The van der Waals surface area contributed by atoms with Crippen molar-refractivity contribution in [1.82, 2.24) is 0 Å². The monoisotopic (exact) mass is 539 g/mol. The minimum Gasteiger partial charge on any atom is -0.472 e. The molecular formula is C26H25N3O10. The van der Waals surface area contributed by atoms with Gasteiger partial charge in [0.25, 0.3) is 5.69 Å². The Morgan fingerprint density at radius 3 is 2.46 bits per heavy atom. The lowest BCUT2D eigenvalue weighted by atomic mass is 9.50. The van der Waals surface area contributed by atoms with Crippen molar-refractivity contribution in [3.63, 3.8) is 0 Å². The molecule has 2 aliphatic carbocycles. The van der Waals surface area contributed by atoms with Crippen LogP contribution in [0.15, 0.2) is 59.1 Å². The van der Waals surface area contributed by atoms with E-state index in [0.717, 1.165) is 25.3 Å². The van der Waals surface area contributed by atoms with Crippen LogP contribution in [0.5, 0.6) is 0 Å². The SMILES string of the molecule is COC(=O)[C@@H]1C=C(OC(=O)c2ccc([N+](=O)[O-])cc2)C(=O)[C@H]2[C@@]1(N)CC[C@H]1C(=O)O[C@H](c3ccoc3)C[C@]21N. The van der Waals surface area contributed by atoms with E-state index in [1.54, 1.807) is 6.07 Å². The summed E-state index contributed by atoms with van der Waals surface area (Å²) in [5.41, 5.74) is 10.8. The number of hydrogen-bond donors (Lipinski definition) is 2. The molecule has 0 radical (unpaired) electrons. The number of cyclic esters (lactones) is 1. The van der Waals surface area contributed by atoms with E-state index in [1.807, 2.05) is 0 Å². The fourth-order valence-corrected chi connectivity index (χ4v) is 6.07. The Balaban J connectivity index is 1.54. The Morgan fingerprint density at radius 1 is 1.13 bits per heavy atom. The van der Waals surface area contributed by atoms with Crippen LogP contribution >= 0.6 is 0 Å². The molecule has 1 aromatic carbocycles. The molecule has 13 heteroatoms. The van der Waals surface area contributed by atoms with Crippen molar-refractivity contribution in [2.24, 2.45) is 29.2 Å². The number of nitrogens with two attached hydrogens (primary N) is 2. The number of Topliss-reactive ketones (excluding diaryl/α,β-unsaturated/α-hetero) is 1. The summed E-state index contributed by atoms with van der Waals surface area (Å²) >= 11 is 0. The summed E-state index contributed by atoms with van der Waals surface area (Å²) in [5, 5.41) is 10.9. The van der Waals surface area contributed by atoms with Gasteiger partial charge in [0.15, 0.2) is 5.76 Å². The maximum atomic E-state index is 14.0. The van der Waals surface area contributed by atoms with Crippen molar-refractivity contribution in [2.75, 3.05) is 7.11 Å². The predicted octanol–water partition coefficient (Wildman–Crippen LogP) is 1.71. The number of non-ortho nitro benzene ring substituents is 1. The molecule has 1 aliphatic heterocycles. The number of rotatable bonds is 5. The van der Waals surface area contributed by atoms with Crippen LogP contribution in [-0.4, -0.2) is 46.8 Å². The summed E-state index contributed by atoms with van der Waals surface area (Å²) < 4.78 is 21.1. The Morgan fingerprint density at radius 2 is 1.85 bits per heavy atom. The number of methoxy groups -OCH3 is 1. The largest absolute Gasteiger partial charge is 0.472 e. The van der Waals surface area contributed by atoms with E-state index in [2.05, 4.69) is 0 Å². The number of fused-ring (bicyclic) bond motifs is 3. The van der Waals surface area contributed by atoms with Gasteiger partial charge in [-0.3, -0.25) is 24.5 Å². The van der Waals surface area contributed by atoms with Crippen molar-refractivity contribution in [2.45, 2.75) is 36.4 Å². The van der Waals surface area contributed by atoms with E-state index >= 15 is 0 Å². The van der Waals surface area contributed by atoms with Gasteiger partial charge < -0.3 is 30.1 Å². The molecule has 2 heterocycles. The van der Waals surface area contributed by atoms with Gasteiger partial charge in [0.2, 0.25) is 5.78 Å². The zero-order chi connectivity index (χ0) is 28.1. The topological polar surface area (TPSA) is 204 Å². The molecule has 2 aromatic rings. The highest BCUT2D eigenvalue weighted by Gasteiger charge is 2.67. The van der Waals surface area contributed by atoms with Gasteiger partial charge in [-0.15, -0.1) is 0 Å². The number of nitro benzene ring substituents is 1. The predicted molar refractivity (Wildman–Crippen MR) is 129 cm³/mol. The van der Waals surface area contributed by atoms with Crippen LogP contribution in [0.3, 0.4) is 0 Å². The number of benzene rings is 1. The van der Waals surface area contributed by atoms with E-state index in [1.165, 1.54) is 24.7 Å². The van der Waals surface area contributed by atoms with Crippen LogP contribution < -0.4 is 11.5 Å². The number of nitro groups is 1. The van der Waals surface area contributed by atoms with Crippen molar-refractivity contribution < 1.29 is 42.7 Å². The van der Waals surface area contributed by atoms with Gasteiger partial charge in [-0.1, -0.05) is 0 Å². The van der Waals surface area contributed by atoms with Gasteiger partial charge >= 0.3 is 17.9 Å². The number of nitrogens with zero attached hydrogens (tertiary/aromatic N) is 1. The van der Waals surface area contributed by atoms with E-state index < -0.39 is 69.3 Å². The molecule has 2 fully saturated rings. The number of ether oxygens (including phenoxy) is 3. The second-order valence-electron chi connectivity index (χ2n) is 10.0. The van der Waals surface area contributed by atoms with Crippen LogP contribution in [0.1, 0.15) is 41.3 Å². The highest BCUT2D eigenvalue weighted by atomic mass is 16.6. The number of hydrogen-bond acceptors (Lipinski definition) is 12. The Labute approximate surface area is 221 Å². The lowest BCUT2D eigenvalue weighted by Gasteiger charge is -2.58. The molecule has 13 nitrogen and oxygen atoms in total. The van der Waals surface area contributed by atoms with Crippen LogP contribution in [0, 0.1) is 27.9 Å². The molecule has 204 valence electrons. The summed E-state index contributed by atoms with van der Waals surface area (Å²) in [7, 11) is 1.16. The molecule has 3 aliphatic rings. The average molecular weight is 539 g/mol. The van der Waals surface area contributed by atoms with Gasteiger partial charge in [0.05, 0.1) is 47.9 Å². The summed E-state index contributed by atoms with van der Waals surface area (Å²) in [6.45, 7) is 0. The minimum atomic E-state index is -1.56. The van der Waals surface area contributed by atoms with Crippen molar-refractivity contribution >= 4 is 29.4 Å². The lowest BCUT2D eigenvalue weighted by molar-refractivity contribution is -0.384. The van der Waals surface area contributed by atoms with Crippen molar-refractivity contribution in [1.29, 1.82) is 0 Å². The Hall–Kier alpha value is -4.36. The quantitative estimate of drug-likeness (QED) is 0.241. The first-order chi connectivity index (χ1) is 18.5. The summed E-state index contributed by atoms with van der Waals surface area (Å²) in [6, 6.07) is 6.18. The zero-order valence-electron chi connectivity index (χ0n) is 20.7. The van der Waals surface area contributed by atoms with E-state index in [4.69, 9.17) is 30.1 Å². The van der Waals surface area contributed by atoms with Crippen molar-refractivity contribution in [3.8, 4) is 0 Å². The maximum Gasteiger partial charge on any atom is 0.343 e. The molecule has 0 bridgehead atoms. The molecule has 0 unspecified atom stereocenters. The second kappa shape index (κ2) is 9.43. The first-order valence-electron chi connectivity index (χ1n) is 12.1. The summed E-state index contributed by atoms with van der Waals surface area (Å²) in [6.07, 6.45) is 3.34. The average Bonchev–Trinajstić information content (AvgIpc) is 3.44. The van der Waals surface area contributed by atoms with Gasteiger partial charge in [-0.2, -0.15) is 0 Å². The number of esters is 3. The standard InChI is InChI=1S/C26H25N3O10/c1-36-23(32)17-10-18(38-22(31)13-2-4-15(5-3-13)29(34)35)20(30)21-25(17,27)8-6-16-24(33)39-19(11-26(16,21)28)14-7-9-37-12-14/h2-5,7,9-10,12,16-17,19,21H,6,8,11,27-28H2,1H3/t16-,17-,19-,21-,25+,26+/m0/s1.